The van der Waals surface area contributed by atoms with Crippen molar-refractivity contribution in [2.24, 2.45) is 5.92 Å². The standard InChI is InChI=1S/C23H28ClFN2O2/c1-26(23(28)19-7-8-21(25)20(24)15-19)16-17-9-12-27(13-10-17)14-11-18-5-3-4-6-22(18)29-2/h3-8,15,17H,9-14,16H2,1-2H3. The average Bonchev–Trinajstić information content (AvgIpc) is 2.74. The van der Waals surface area contributed by atoms with Crippen LogP contribution in [0.25, 0.3) is 0 Å². The Bertz CT molecular complexity index is 837. The second-order valence-corrected chi connectivity index (χ2v) is 8.07. The van der Waals surface area contributed by atoms with E-state index in [1.807, 2.05) is 18.2 Å². The van der Waals surface area contributed by atoms with Crippen LogP contribution in [0.1, 0.15) is 28.8 Å². The van der Waals surface area contributed by atoms with E-state index in [0.717, 1.165) is 44.6 Å². The van der Waals surface area contributed by atoms with Gasteiger partial charge in [-0.25, -0.2) is 4.39 Å². The SMILES string of the molecule is COc1ccccc1CCN1CCC(CN(C)C(=O)c2ccc(F)c(Cl)c2)CC1. The highest BCUT2D eigenvalue weighted by molar-refractivity contribution is 6.31. The Labute approximate surface area is 177 Å². The molecule has 2 aromatic rings. The molecule has 29 heavy (non-hydrogen) atoms. The average molecular weight is 419 g/mol. The molecule has 156 valence electrons. The van der Waals surface area contributed by atoms with Gasteiger partial charge in [-0.05, 0) is 68.1 Å². The van der Waals surface area contributed by atoms with Crippen molar-refractivity contribution in [3.05, 3.63) is 64.4 Å². The number of benzene rings is 2. The number of halogens is 2. The second kappa shape index (κ2) is 10.1. The van der Waals surface area contributed by atoms with E-state index in [9.17, 15) is 9.18 Å². The summed E-state index contributed by atoms with van der Waals surface area (Å²) in [6, 6.07) is 12.3. The first kappa shape index (κ1) is 21.6. The predicted molar refractivity (Wildman–Crippen MR) is 114 cm³/mol. The zero-order valence-electron chi connectivity index (χ0n) is 17.0. The van der Waals surface area contributed by atoms with Gasteiger partial charge < -0.3 is 14.5 Å². The number of amides is 1. The minimum absolute atomic E-state index is 0.0207. The van der Waals surface area contributed by atoms with Crippen LogP contribution in [0.15, 0.2) is 42.5 Å². The molecule has 0 aromatic heterocycles. The number of carbonyl (C=O) groups is 1. The Kier molecular flexibility index (Phi) is 7.51. The number of ether oxygens (including phenoxy) is 1. The summed E-state index contributed by atoms with van der Waals surface area (Å²) in [4.78, 5) is 16.8. The maximum Gasteiger partial charge on any atom is 0.253 e. The quantitative estimate of drug-likeness (QED) is 0.663. The third-order valence-corrected chi connectivity index (χ3v) is 5.93. The minimum Gasteiger partial charge on any atom is -0.496 e. The van der Waals surface area contributed by atoms with Crippen molar-refractivity contribution >= 4 is 17.5 Å². The van der Waals surface area contributed by atoms with Crippen molar-refractivity contribution in [2.75, 3.05) is 40.3 Å². The molecule has 6 heteroatoms. The number of piperidine rings is 1. The highest BCUT2D eigenvalue weighted by atomic mass is 35.5. The summed E-state index contributed by atoms with van der Waals surface area (Å²) in [6.45, 7) is 3.78. The summed E-state index contributed by atoms with van der Waals surface area (Å²) < 4.78 is 18.8. The smallest absolute Gasteiger partial charge is 0.253 e. The Balaban J connectivity index is 1.45. The minimum atomic E-state index is -0.508. The molecule has 1 aliphatic rings. The molecule has 1 fully saturated rings. The third kappa shape index (κ3) is 5.71. The maximum absolute atomic E-state index is 13.3. The van der Waals surface area contributed by atoms with E-state index in [4.69, 9.17) is 16.3 Å². The van der Waals surface area contributed by atoms with Crippen LogP contribution in [0.5, 0.6) is 5.75 Å². The van der Waals surface area contributed by atoms with Gasteiger partial charge in [-0.1, -0.05) is 29.8 Å². The Morgan fingerprint density at radius 2 is 1.97 bits per heavy atom. The summed E-state index contributed by atoms with van der Waals surface area (Å²) in [7, 11) is 3.51. The Morgan fingerprint density at radius 3 is 2.66 bits per heavy atom. The summed E-state index contributed by atoms with van der Waals surface area (Å²) in [5, 5.41) is -0.0207. The normalized spacial score (nSPS) is 15.3. The van der Waals surface area contributed by atoms with Crippen molar-refractivity contribution < 1.29 is 13.9 Å². The Hall–Kier alpha value is -2.11. The second-order valence-electron chi connectivity index (χ2n) is 7.66. The van der Waals surface area contributed by atoms with Gasteiger partial charge in [-0.15, -0.1) is 0 Å². The lowest BCUT2D eigenvalue weighted by atomic mass is 9.95. The van der Waals surface area contributed by atoms with Crippen molar-refractivity contribution in [2.45, 2.75) is 19.3 Å². The van der Waals surface area contributed by atoms with Crippen LogP contribution in [0.4, 0.5) is 4.39 Å². The van der Waals surface area contributed by atoms with Gasteiger partial charge in [-0.2, -0.15) is 0 Å². The van der Waals surface area contributed by atoms with Crippen molar-refractivity contribution in [3.63, 3.8) is 0 Å². The van der Waals surface area contributed by atoms with E-state index >= 15 is 0 Å². The van der Waals surface area contributed by atoms with Crippen molar-refractivity contribution in [1.29, 1.82) is 0 Å². The molecule has 0 unspecified atom stereocenters. The van der Waals surface area contributed by atoms with Crippen LogP contribution in [0.2, 0.25) is 5.02 Å². The van der Waals surface area contributed by atoms with E-state index in [-0.39, 0.29) is 10.9 Å². The molecule has 0 N–H and O–H groups in total. The molecule has 1 heterocycles. The summed E-state index contributed by atoms with van der Waals surface area (Å²) in [5.41, 5.74) is 1.66. The first-order valence-electron chi connectivity index (χ1n) is 10.0. The zero-order valence-corrected chi connectivity index (χ0v) is 17.8. The molecule has 0 spiro atoms. The molecule has 2 aromatic carbocycles. The lowest BCUT2D eigenvalue weighted by Gasteiger charge is -2.34. The fourth-order valence-electron chi connectivity index (χ4n) is 3.90. The van der Waals surface area contributed by atoms with Gasteiger partial charge >= 0.3 is 0 Å². The first-order valence-corrected chi connectivity index (χ1v) is 10.4. The number of nitrogens with zero attached hydrogens (tertiary/aromatic N) is 2. The van der Waals surface area contributed by atoms with Gasteiger partial charge in [0, 0.05) is 25.7 Å². The maximum atomic E-state index is 13.3. The largest absolute Gasteiger partial charge is 0.496 e. The van der Waals surface area contributed by atoms with E-state index < -0.39 is 5.82 Å². The number of methoxy groups -OCH3 is 1. The van der Waals surface area contributed by atoms with E-state index in [1.54, 1.807) is 19.1 Å². The molecule has 0 atom stereocenters. The molecule has 0 aliphatic carbocycles. The van der Waals surface area contributed by atoms with Crippen molar-refractivity contribution in [1.82, 2.24) is 9.80 Å². The highest BCUT2D eigenvalue weighted by Gasteiger charge is 2.23. The van der Waals surface area contributed by atoms with Crippen LogP contribution in [-0.2, 0) is 6.42 Å². The number of carbonyl (C=O) groups excluding carboxylic acids is 1. The topological polar surface area (TPSA) is 32.8 Å². The van der Waals surface area contributed by atoms with Crippen molar-refractivity contribution in [3.8, 4) is 5.75 Å². The summed E-state index contributed by atoms with van der Waals surface area (Å²) in [6.07, 6.45) is 3.10. The van der Waals surface area contributed by atoms with Gasteiger partial charge in [0.1, 0.15) is 11.6 Å². The van der Waals surface area contributed by atoms with Gasteiger partial charge in [-0.3, -0.25) is 4.79 Å². The molecule has 1 saturated heterocycles. The van der Waals surface area contributed by atoms with Gasteiger partial charge in [0.15, 0.2) is 0 Å². The van der Waals surface area contributed by atoms with Crippen LogP contribution < -0.4 is 4.74 Å². The highest BCUT2D eigenvalue weighted by Crippen LogP contribution is 2.22. The van der Waals surface area contributed by atoms with E-state index in [2.05, 4.69) is 11.0 Å². The summed E-state index contributed by atoms with van der Waals surface area (Å²) in [5.74, 6) is 0.794. The monoisotopic (exact) mass is 418 g/mol. The van der Waals surface area contributed by atoms with Crippen LogP contribution in [0.3, 0.4) is 0 Å². The van der Waals surface area contributed by atoms with Crippen LogP contribution >= 0.6 is 11.6 Å². The third-order valence-electron chi connectivity index (χ3n) is 5.64. The first-order chi connectivity index (χ1) is 14.0. The van der Waals surface area contributed by atoms with E-state index in [0.29, 0.717) is 18.0 Å². The van der Waals surface area contributed by atoms with Gasteiger partial charge in [0.2, 0.25) is 0 Å². The molecule has 0 saturated carbocycles. The van der Waals surface area contributed by atoms with Crippen LogP contribution in [0, 0.1) is 11.7 Å². The lowest BCUT2D eigenvalue weighted by molar-refractivity contribution is 0.0740. The number of hydrogen-bond donors (Lipinski definition) is 0. The molecule has 0 bridgehead atoms. The fraction of sp³-hybridized carbons (Fsp3) is 0.435. The Morgan fingerprint density at radius 1 is 1.24 bits per heavy atom. The van der Waals surface area contributed by atoms with Gasteiger partial charge in [0.25, 0.3) is 5.91 Å². The molecule has 4 nitrogen and oxygen atoms in total. The predicted octanol–water partition coefficient (Wildman–Crippen LogP) is 4.51. The zero-order chi connectivity index (χ0) is 20.8. The molecular formula is C23H28ClFN2O2. The number of para-hydroxylation sites is 1. The lowest BCUT2D eigenvalue weighted by Crippen LogP contribution is -2.40. The number of hydrogen-bond acceptors (Lipinski definition) is 3. The molecule has 1 aliphatic heterocycles. The molecular weight excluding hydrogens is 391 g/mol. The van der Waals surface area contributed by atoms with E-state index in [1.165, 1.54) is 23.8 Å². The molecule has 1 amide bonds. The van der Waals surface area contributed by atoms with Crippen LogP contribution in [-0.4, -0.2) is 56.0 Å². The summed E-state index contributed by atoms with van der Waals surface area (Å²) >= 11 is 5.80. The molecule has 3 rings (SSSR count). The molecule has 0 radical (unpaired) electrons. The number of rotatable bonds is 7. The van der Waals surface area contributed by atoms with Gasteiger partial charge in [0.05, 0.1) is 12.1 Å². The fourth-order valence-corrected chi connectivity index (χ4v) is 4.08. The number of likely N-dealkylation sites (tertiary alicyclic amines) is 1.